The molecule has 0 amide bonds. The number of aromatic nitrogens is 2. The molecule has 0 bridgehead atoms. The van der Waals surface area contributed by atoms with Gasteiger partial charge in [-0.3, -0.25) is 0 Å². The molecule has 1 saturated carbocycles. The van der Waals surface area contributed by atoms with Gasteiger partial charge in [-0.15, -0.1) is 0 Å². The minimum atomic E-state index is 0.570. The molecular formula is C17H25N3. The average molecular weight is 271 g/mol. The SMILES string of the molecule is CCNC(Cc1nc2ccccc2n1C)CC1CCC1. The number of fused-ring (bicyclic) bond motifs is 1. The summed E-state index contributed by atoms with van der Waals surface area (Å²) in [7, 11) is 2.14. The van der Waals surface area contributed by atoms with Gasteiger partial charge in [0, 0.05) is 19.5 Å². The van der Waals surface area contributed by atoms with E-state index in [4.69, 9.17) is 4.98 Å². The first-order valence-corrected chi connectivity index (χ1v) is 7.91. The van der Waals surface area contributed by atoms with Gasteiger partial charge in [0.2, 0.25) is 0 Å². The second-order valence-electron chi connectivity index (χ2n) is 6.07. The van der Waals surface area contributed by atoms with Crippen LogP contribution in [0.3, 0.4) is 0 Å². The van der Waals surface area contributed by atoms with Crippen molar-refractivity contribution in [3.63, 3.8) is 0 Å². The van der Waals surface area contributed by atoms with Crippen LogP contribution in [0.4, 0.5) is 0 Å². The first kappa shape index (κ1) is 13.6. The first-order valence-electron chi connectivity index (χ1n) is 7.91. The Kier molecular flexibility index (Phi) is 4.06. The standard InChI is InChI=1S/C17H25N3/c1-3-18-14(11-13-7-6-8-13)12-17-19-15-9-4-5-10-16(15)20(17)2/h4-5,9-10,13-14,18H,3,6-8,11-12H2,1-2H3. The van der Waals surface area contributed by atoms with Crippen LogP contribution in [0.2, 0.25) is 0 Å². The summed E-state index contributed by atoms with van der Waals surface area (Å²) < 4.78 is 2.25. The Labute approximate surface area is 121 Å². The highest BCUT2D eigenvalue weighted by Gasteiger charge is 2.23. The van der Waals surface area contributed by atoms with Crippen molar-refractivity contribution >= 4 is 11.0 Å². The van der Waals surface area contributed by atoms with E-state index in [0.717, 1.165) is 24.4 Å². The molecular weight excluding hydrogens is 246 g/mol. The van der Waals surface area contributed by atoms with E-state index in [9.17, 15) is 0 Å². The number of benzene rings is 1. The minimum absolute atomic E-state index is 0.570. The third-order valence-corrected chi connectivity index (χ3v) is 4.64. The molecule has 2 aromatic rings. The lowest BCUT2D eigenvalue weighted by Crippen LogP contribution is -2.35. The van der Waals surface area contributed by atoms with Gasteiger partial charge in [-0.05, 0) is 31.0 Å². The van der Waals surface area contributed by atoms with E-state index in [1.807, 2.05) is 0 Å². The van der Waals surface area contributed by atoms with Gasteiger partial charge in [0.1, 0.15) is 5.82 Å². The van der Waals surface area contributed by atoms with E-state index in [1.165, 1.54) is 37.0 Å². The first-order chi connectivity index (χ1) is 9.78. The second kappa shape index (κ2) is 5.96. The van der Waals surface area contributed by atoms with Gasteiger partial charge < -0.3 is 9.88 Å². The monoisotopic (exact) mass is 271 g/mol. The van der Waals surface area contributed by atoms with Crippen molar-refractivity contribution in [2.75, 3.05) is 6.54 Å². The summed E-state index contributed by atoms with van der Waals surface area (Å²) in [5.41, 5.74) is 2.35. The Morgan fingerprint density at radius 2 is 2.15 bits per heavy atom. The van der Waals surface area contributed by atoms with Crippen molar-refractivity contribution in [1.29, 1.82) is 0 Å². The number of aryl methyl sites for hydroxylation is 1. The van der Waals surface area contributed by atoms with Crippen LogP contribution in [0, 0.1) is 5.92 Å². The fourth-order valence-electron chi connectivity index (χ4n) is 3.26. The van der Waals surface area contributed by atoms with Crippen LogP contribution in [0.15, 0.2) is 24.3 Å². The predicted molar refractivity (Wildman–Crippen MR) is 83.8 cm³/mol. The molecule has 0 spiro atoms. The van der Waals surface area contributed by atoms with E-state index < -0.39 is 0 Å². The largest absolute Gasteiger partial charge is 0.331 e. The Hall–Kier alpha value is -1.35. The topological polar surface area (TPSA) is 29.9 Å². The van der Waals surface area contributed by atoms with Gasteiger partial charge in [0.15, 0.2) is 0 Å². The zero-order valence-corrected chi connectivity index (χ0v) is 12.6. The predicted octanol–water partition coefficient (Wildman–Crippen LogP) is 3.28. The normalized spacial score (nSPS) is 17.3. The molecule has 0 radical (unpaired) electrons. The quantitative estimate of drug-likeness (QED) is 0.873. The van der Waals surface area contributed by atoms with Crippen molar-refractivity contribution in [1.82, 2.24) is 14.9 Å². The summed E-state index contributed by atoms with van der Waals surface area (Å²) in [5.74, 6) is 2.14. The van der Waals surface area contributed by atoms with E-state index >= 15 is 0 Å². The van der Waals surface area contributed by atoms with E-state index in [0.29, 0.717) is 6.04 Å². The lowest BCUT2D eigenvalue weighted by Gasteiger charge is -2.30. The number of imidazole rings is 1. The fraction of sp³-hybridized carbons (Fsp3) is 0.588. The molecule has 1 atom stereocenters. The lowest BCUT2D eigenvalue weighted by molar-refractivity contribution is 0.258. The fourth-order valence-corrected chi connectivity index (χ4v) is 3.26. The molecule has 1 N–H and O–H groups in total. The van der Waals surface area contributed by atoms with E-state index in [2.05, 4.69) is 48.1 Å². The Morgan fingerprint density at radius 3 is 2.80 bits per heavy atom. The molecule has 108 valence electrons. The summed E-state index contributed by atoms with van der Waals surface area (Å²) in [6, 6.07) is 8.98. The molecule has 3 nitrogen and oxygen atoms in total. The molecule has 1 aliphatic rings. The molecule has 1 fully saturated rings. The third kappa shape index (κ3) is 2.73. The number of para-hydroxylation sites is 2. The van der Waals surface area contributed by atoms with Gasteiger partial charge in [-0.25, -0.2) is 4.98 Å². The molecule has 20 heavy (non-hydrogen) atoms. The zero-order valence-electron chi connectivity index (χ0n) is 12.6. The van der Waals surface area contributed by atoms with Crippen molar-refractivity contribution in [3.05, 3.63) is 30.1 Å². The maximum Gasteiger partial charge on any atom is 0.111 e. The number of hydrogen-bond acceptors (Lipinski definition) is 2. The van der Waals surface area contributed by atoms with Crippen LogP contribution in [0.5, 0.6) is 0 Å². The summed E-state index contributed by atoms with van der Waals surface area (Å²) >= 11 is 0. The summed E-state index contributed by atoms with van der Waals surface area (Å²) in [5, 5.41) is 3.65. The summed E-state index contributed by atoms with van der Waals surface area (Å²) in [6.07, 6.45) is 6.61. The van der Waals surface area contributed by atoms with Gasteiger partial charge in [-0.2, -0.15) is 0 Å². The highest BCUT2D eigenvalue weighted by molar-refractivity contribution is 5.75. The molecule has 3 heteroatoms. The number of likely N-dealkylation sites (N-methyl/N-ethyl adjacent to an activating group) is 1. The van der Waals surface area contributed by atoms with Gasteiger partial charge in [0.05, 0.1) is 11.0 Å². The second-order valence-corrected chi connectivity index (χ2v) is 6.07. The smallest absolute Gasteiger partial charge is 0.111 e. The number of nitrogens with zero attached hydrogens (tertiary/aromatic N) is 2. The average Bonchev–Trinajstić information content (AvgIpc) is 2.71. The molecule has 1 unspecified atom stereocenters. The van der Waals surface area contributed by atoms with Crippen molar-refractivity contribution in [2.45, 2.75) is 45.1 Å². The van der Waals surface area contributed by atoms with Gasteiger partial charge in [0.25, 0.3) is 0 Å². The third-order valence-electron chi connectivity index (χ3n) is 4.64. The number of rotatable bonds is 6. The van der Waals surface area contributed by atoms with Crippen molar-refractivity contribution in [2.24, 2.45) is 13.0 Å². The van der Waals surface area contributed by atoms with Crippen molar-refractivity contribution < 1.29 is 0 Å². The van der Waals surface area contributed by atoms with Crippen LogP contribution in [0.1, 0.15) is 38.4 Å². The van der Waals surface area contributed by atoms with Crippen LogP contribution in [0.25, 0.3) is 11.0 Å². The van der Waals surface area contributed by atoms with Crippen LogP contribution in [-0.2, 0) is 13.5 Å². The summed E-state index contributed by atoms with van der Waals surface area (Å²) in [4.78, 5) is 4.81. The molecule has 1 aromatic heterocycles. The number of nitrogens with one attached hydrogen (secondary N) is 1. The maximum atomic E-state index is 4.81. The minimum Gasteiger partial charge on any atom is -0.331 e. The molecule has 1 aromatic carbocycles. The van der Waals surface area contributed by atoms with Gasteiger partial charge in [-0.1, -0.05) is 38.3 Å². The Bertz CT molecular complexity index is 569. The highest BCUT2D eigenvalue weighted by Crippen LogP contribution is 2.31. The van der Waals surface area contributed by atoms with Crippen LogP contribution >= 0.6 is 0 Å². The van der Waals surface area contributed by atoms with E-state index in [-0.39, 0.29) is 0 Å². The van der Waals surface area contributed by atoms with Crippen LogP contribution in [-0.4, -0.2) is 22.1 Å². The maximum absolute atomic E-state index is 4.81. The number of hydrogen-bond donors (Lipinski definition) is 1. The molecule has 0 saturated heterocycles. The van der Waals surface area contributed by atoms with Crippen LogP contribution < -0.4 is 5.32 Å². The summed E-state index contributed by atoms with van der Waals surface area (Å²) in [6.45, 7) is 3.24. The molecule has 0 aliphatic heterocycles. The Balaban J connectivity index is 1.76. The molecule has 3 rings (SSSR count). The van der Waals surface area contributed by atoms with E-state index in [1.54, 1.807) is 0 Å². The molecule has 1 heterocycles. The molecule has 1 aliphatic carbocycles. The van der Waals surface area contributed by atoms with Gasteiger partial charge >= 0.3 is 0 Å². The van der Waals surface area contributed by atoms with Crippen molar-refractivity contribution in [3.8, 4) is 0 Å². The zero-order chi connectivity index (χ0) is 13.9. The Morgan fingerprint density at radius 1 is 1.35 bits per heavy atom. The lowest BCUT2D eigenvalue weighted by atomic mass is 9.80. The highest BCUT2D eigenvalue weighted by atomic mass is 15.1.